The Morgan fingerprint density at radius 2 is 1.94 bits per heavy atom. The van der Waals surface area contributed by atoms with Crippen molar-refractivity contribution in [2.24, 2.45) is 0 Å². The standard InChI is InChI=1S/C15H22N2S/c1-11(2)16-9-15-13(10-17(3)4)12-7-5-6-8-14(12)18-15/h5-8,11,16H,9-10H2,1-4H3. The number of fused-ring (bicyclic) bond motifs is 1. The van der Waals surface area contributed by atoms with Crippen molar-refractivity contribution in [2.75, 3.05) is 14.1 Å². The van der Waals surface area contributed by atoms with E-state index >= 15 is 0 Å². The molecule has 2 nitrogen and oxygen atoms in total. The molecule has 0 unspecified atom stereocenters. The van der Waals surface area contributed by atoms with Gasteiger partial charge < -0.3 is 10.2 Å². The molecular weight excluding hydrogens is 240 g/mol. The maximum atomic E-state index is 3.53. The third-order valence-electron chi connectivity index (χ3n) is 2.93. The van der Waals surface area contributed by atoms with Crippen molar-refractivity contribution in [3.05, 3.63) is 34.7 Å². The highest BCUT2D eigenvalue weighted by Crippen LogP contribution is 2.31. The Bertz CT molecular complexity index is 514. The number of hydrogen-bond donors (Lipinski definition) is 1. The summed E-state index contributed by atoms with van der Waals surface area (Å²) in [7, 11) is 4.26. The van der Waals surface area contributed by atoms with Crippen LogP contribution in [0.5, 0.6) is 0 Å². The van der Waals surface area contributed by atoms with Gasteiger partial charge in [-0.25, -0.2) is 0 Å². The third kappa shape index (κ3) is 3.10. The lowest BCUT2D eigenvalue weighted by atomic mass is 10.1. The Morgan fingerprint density at radius 3 is 2.61 bits per heavy atom. The Kier molecular flexibility index (Phi) is 4.38. The van der Waals surface area contributed by atoms with Crippen LogP contribution in [-0.2, 0) is 13.1 Å². The van der Waals surface area contributed by atoms with Gasteiger partial charge in [0.1, 0.15) is 0 Å². The fourth-order valence-electron chi connectivity index (χ4n) is 2.08. The maximum absolute atomic E-state index is 3.53. The number of nitrogens with one attached hydrogen (secondary N) is 1. The zero-order valence-corrected chi connectivity index (χ0v) is 12.5. The van der Waals surface area contributed by atoms with Crippen LogP contribution in [0, 0.1) is 0 Å². The normalized spacial score (nSPS) is 11.9. The van der Waals surface area contributed by atoms with Gasteiger partial charge in [0.15, 0.2) is 0 Å². The van der Waals surface area contributed by atoms with Crippen LogP contribution >= 0.6 is 11.3 Å². The molecular formula is C15H22N2S. The average molecular weight is 262 g/mol. The summed E-state index contributed by atoms with van der Waals surface area (Å²) in [6, 6.07) is 9.25. The number of benzene rings is 1. The van der Waals surface area contributed by atoms with Crippen LogP contribution in [0.1, 0.15) is 24.3 Å². The number of rotatable bonds is 5. The smallest absolute Gasteiger partial charge is 0.0349 e. The van der Waals surface area contributed by atoms with Gasteiger partial charge in [-0.15, -0.1) is 11.3 Å². The molecule has 0 aliphatic carbocycles. The predicted octanol–water partition coefficient (Wildman–Crippen LogP) is 3.46. The van der Waals surface area contributed by atoms with Crippen LogP contribution in [-0.4, -0.2) is 25.0 Å². The van der Waals surface area contributed by atoms with Crippen LogP contribution in [0.15, 0.2) is 24.3 Å². The van der Waals surface area contributed by atoms with Gasteiger partial charge in [-0.2, -0.15) is 0 Å². The summed E-state index contributed by atoms with van der Waals surface area (Å²) in [5.41, 5.74) is 1.48. The van der Waals surface area contributed by atoms with Crippen molar-refractivity contribution < 1.29 is 0 Å². The largest absolute Gasteiger partial charge is 0.310 e. The van der Waals surface area contributed by atoms with E-state index in [0.29, 0.717) is 6.04 Å². The second kappa shape index (κ2) is 5.83. The van der Waals surface area contributed by atoms with Crippen molar-refractivity contribution in [3.8, 4) is 0 Å². The fraction of sp³-hybridized carbons (Fsp3) is 0.467. The predicted molar refractivity (Wildman–Crippen MR) is 81.2 cm³/mol. The first-order valence-electron chi connectivity index (χ1n) is 6.45. The van der Waals surface area contributed by atoms with Crippen LogP contribution in [0.4, 0.5) is 0 Å². The molecule has 18 heavy (non-hydrogen) atoms. The van der Waals surface area contributed by atoms with E-state index in [2.05, 4.69) is 62.4 Å². The zero-order valence-electron chi connectivity index (χ0n) is 11.7. The number of thiophene rings is 1. The van der Waals surface area contributed by atoms with Crippen LogP contribution in [0.25, 0.3) is 10.1 Å². The van der Waals surface area contributed by atoms with Crippen molar-refractivity contribution in [3.63, 3.8) is 0 Å². The van der Waals surface area contributed by atoms with Gasteiger partial charge in [0, 0.05) is 28.7 Å². The lowest BCUT2D eigenvalue weighted by molar-refractivity contribution is 0.402. The third-order valence-corrected chi connectivity index (χ3v) is 4.14. The van der Waals surface area contributed by atoms with Crippen molar-refractivity contribution in [1.82, 2.24) is 10.2 Å². The molecule has 1 N–H and O–H groups in total. The van der Waals surface area contributed by atoms with E-state index in [4.69, 9.17) is 0 Å². The second-order valence-electron chi connectivity index (χ2n) is 5.27. The molecule has 3 heteroatoms. The van der Waals surface area contributed by atoms with E-state index in [9.17, 15) is 0 Å². The lowest BCUT2D eigenvalue weighted by Crippen LogP contribution is -2.22. The molecule has 1 aromatic carbocycles. The Hall–Kier alpha value is -0.900. The molecule has 0 radical (unpaired) electrons. The van der Waals surface area contributed by atoms with Crippen LogP contribution in [0.2, 0.25) is 0 Å². The minimum Gasteiger partial charge on any atom is -0.310 e. The molecule has 0 fully saturated rings. The summed E-state index contributed by atoms with van der Waals surface area (Å²) in [5, 5.41) is 4.94. The zero-order chi connectivity index (χ0) is 13.1. The van der Waals surface area contributed by atoms with E-state index in [-0.39, 0.29) is 0 Å². The van der Waals surface area contributed by atoms with Gasteiger partial charge in [0.2, 0.25) is 0 Å². The Labute approximate surface area is 114 Å². The molecule has 0 atom stereocenters. The molecule has 98 valence electrons. The number of hydrogen-bond acceptors (Lipinski definition) is 3. The molecule has 2 aromatic rings. The first kappa shape index (κ1) is 13.5. The maximum Gasteiger partial charge on any atom is 0.0349 e. The van der Waals surface area contributed by atoms with Gasteiger partial charge in [-0.1, -0.05) is 32.0 Å². The fourth-order valence-corrected chi connectivity index (χ4v) is 3.25. The first-order chi connectivity index (χ1) is 8.58. The Morgan fingerprint density at radius 1 is 1.22 bits per heavy atom. The molecule has 0 spiro atoms. The van der Waals surface area contributed by atoms with E-state index in [1.54, 1.807) is 0 Å². The SMILES string of the molecule is CC(C)NCc1sc2ccccc2c1CN(C)C. The molecule has 1 heterocycles. The lowest BCUT2D eigenvalue weighted by Gasteiger charge is -2.13. The van der Waals surface area contributed by atoms with Gasteiger partial charge in [-0.3, -0.25) is 0 Å². The first-order valence-corrected chi connectivity index (χ1v) is 7.27. The monoisotopic (exact) mass is 262 g/mol. The topological polar surface area (TPSA) is 15.3 Å². The quantitative estimate of drug-likeness (QED) is 0.887. The minimum absolute atomic E-state index is 0.530. The molecule has 0 aliphatic heterocycles. The molecule has 2 rings (SSSR count). The summed E-state index contributed by atoms with van der Waals surface area (Å²) in [6.07, 6.45) is 0. The molecule has 0 saturated carbocycles. The van der Waals surface area contributed by atoms with E-state index in [1.807, 2.05) is 11.3 Å². The highest BCUT2D eigenvalue weighted by atomic mass is 32.1. The number of nitrogens with zero attached hydrogens (tertiary/aromatic N) is 1. The summed E-state index contributed by atoms with van der Waals surface area (Å²) in [4.78, 5) is 3.71. The summed E-state index contributed by atoms with van der Waals surface area (Å²) < 4.78 is 1.40. The second-order valence-corrected chi connectivity index (χ2v) is 6.41. The summed E-state index contributed by atoms with van der Waals surface area (Å²) in [6.45, 7) is 6.37. The van der Waals surface area contributed by atoms with Gasteiger partial charge >= 0.3 is 0 Å². The summed E-state index contributed by atoms with van der Waals surface area (Å²) >= 11 is 1.92. The molecule has 0 amide bonds. The minimum atomic E-state index is 0.530. The van der Waals surface area contributed by atoms with Crippen molar-refractivity contribution >= 4 is 21.4 Å². The highest BCUT2D eigenvalue weighted by molar-refractivity contribution is 7.19. The molecule has 0 saturated heterocycles. The van der Waals surface area contributed by atoms with Crippen LogP contribution in [0.3, 0.4) is 0 Å². The summed E-state index contributed by atoms with van der Waals surface area (Å²) in [5.74, 6) is 0. The van der Waals surface area contributed by atoms with E-state index in [0.717, 1.165) is 13.1 Å². The average Bonchev–Trinajstić information content (AvgIpc) is 2.64. The van der Waals surface area contributed by atoms with Gasteiger partial charge in [0.25, 0.3) is 0 Å². The van der Waals surface area contributed by atoms with Gasteiger partial charge in [-0.05, 0) is 31.1 Å². The molecule has 0 aliphatic rings. The molecule has 1 aromatic heterocycles. The van der Waals surface area contributed by atoms with Crippen LogP contribution < -0.4 is 5.32 Å². The van der Waals surface area contributed by atoms with Gasteiger partial charge in [0.05, 0.1) is 0 Å². The van der Waals surface area contributed by atoms with Crippen molar-refractivity contribution in [2.45, 2.75) is 33.0 Å². The Balaban J connectivity index is 2.36. The van der Waals surface area contributed by atoms with Crippen molar-refractivity contribution in [1.29, 1.82) is 0 Å². The highest BCUT2D eigenvalue weighted by Gasteiger charge is 2.12. The molecule has 0 bridgehead atoms. The van der Waals surface area contributed by atoms with E-state index in [1.165, 1.54) is 20.5 Å². The van der Waals surface area contributed by atoms with E-state index < -0.39 is 0 Å².